The normalized spacial score (nSPS) is 12.5. The van der Waals surface area contributed by atoms with Gasteiger partial charge in [-0.05, 0) is 52.3 Å². The van der Waals surface area contributed by atoms with Crippen LogP contribution in [0, 0.1) is 17.5 Å². The molecule has 6 heteroatoms. The van der Waals surface area contributed by atoms with Crippen molar-refractivity contribution in [2.75, 3.05) is 6.54 Å². The summed E-state index contributed by atoms with van der Waals surface area (Å²) in [5, 5.41) is 3.02. The monoisotopic (exact) mass is 421 g/mol. The molecule has 0 saturated carbocycles. The van der Waals surface area contributed by atoms with Gasteiger partial charge in [-0.25, -0.2) is 13.2 Å². The van der Waals surface area contributed by atoms with E-state index in [2.05, 4.69) is 37.2 Å². The quantitative estimate of drug-likeness (QED) is 0.702. The van der Waals surface area contributed by atoms with Crippen molar-refractivity contribution in [2.24, 2.45) is 0 Å². The lowest BCUT2D eigenvalue weighted by Crippen LogP contribution is -2.24. The van der Waals surface area contributed by atoms with E-state index >= 15 is 0 Å². The third kappa shape index (κ3) is 3.67. The van der Waals surface area contributed by atoms with Crippen LogP contribution in [-0.2, 0) is 0 Å². The first kappa shape index (κ1) is 16.5. The summed E-state index contributed by atoms with van der Waals surface area (Å²) in [5.41, 5.74) is 0.490. The van der Waals surface area contributed by atoms with E-state index in [1.165, 1.54) is 30.3 Å². The van der Waals surface area contributed by atoms with Gasteiger partial charge in [-0.2, -0.15) is 0 Å². The molecule has 112 valence electrons. The molecule has 0 heterocycles. The zero-order valence-electron chi connectivity index (χ0n) is 11.1. The number of hydrogen-bond donors (Lipinski definition) is 1. The van der Waals surface area contributed by atoms with E-state index in [1.807, 2.05) is 6.92 Å². The van der Waals surface area contributed by atoms with E-state index in [1.54, 1.807) is 0 Å². The van der Waals surface area contributed by atoms with Gasteiger partial charge in [-0.15, -0.1) is 0 Å². The SMILES string of the molecule is CCNC(c1ccc(F)c(Br)c1)c1c(F)cc(Br)cc1F. The summed E-state index contributed by atoms with van der Waals surface area (Å²) in [7, 11) is 0. The number of benzene rings is 2. The highest BCUT2D eigenvalue weighted by molar-refractivity contribution is 9.10. The minimum absolute atomic E-state index is 0.0847. The zero-order chi connectivity index (χ0) is 15.6. The minimum atomic E-state index is -0.694. The van der Waals surface area contributed by atoms with E-state index in [4.69, 9.17) is 0 Å². The van der Waals surface area contributed by atoms with Crippen molar-refractivity contribution >= 4 is 31.9 Å². The van der Waals surface area contributed by atoms with Gasteiger partial charge in [0.15, 0.2) is 0 Å². The standard InChI is InChI=1S/C15H12Br2F3N/c1-2-21-15(8-3-4-11(18)10(17)5-8)14-12(19)6-9(16)7-13(14)20/h3-7,15,21H,2H2,1H3. The maximum Gasteiger partial charge on any atom is 0.137 e. The van der Waals surface area contributed by atoms with Crippen LogP contribution in [0.25, 0.3) is 0 Å². The van der Waals surface area contributed by atoms with Crippen LogP contribution in [0.1, 0.15) is 24.1 Å². The summed E-state index contributed by atoms with van der Waals surface area (Å²) in [5.74, 6) is -1.74. The van der Waals surface area contributed by atoms with Gasteiger partial charge in [0.2, 0.25) is 0 Å². The van der Waals surface area contributed by atoms with Crippen molar-refractivity contribution in [3.63, 3.8) is 0 Å². The molecule has 2 aromatic carbocycles. The summed E-state index contributed by atoms with van der Waals surface area (Å²) >= 11 is 6.14. The van der Waals surface area contributed by atoms with E-state index in [0.717, 1.165) is 0 Å². The first-order chi connectivity index (χ1) is 9.93. The molecular formula is C15H12Br2F3N. The fourth-order valence-electron chi connectivity index (χ4n) is 2.11. The minimum Gasteiger partial charge on any atom is -0.306 e. The van der Waals surface area contributed by atoms with Crippen LogP contribution < -0.4 is 5.32 Å². The van der Waals surface area contributed by atoms with Gasteiger partial charge in [0.05, 0.1) is 10.5 Å². The first-order valence-electron chi connectivity index (χ1n) is 6.26. The molecule has 1 atom stereocenters. The van der Waals surface area contributed by atoms with Gasteiger partial charge in [0.1, 0.15) is 17.5 Å². The molecule has 2 rings (SSSR count). The summed E-state index contributed by atoms with van der Waals surface area (Å²) < 4.78 is 42.2. The topological polar surface area (TPSA) is 12.0 Å². The average Bonchev–Trinajstić information content (AvgIpc) is 2.40. The largest absolute Gasteiger partial charge is 0.306 e. The van der Waals surface area contributed by atoms with Gasteiger partial charge in [-0.1, -0.05) is 28.9 Å². The molecule has 0 spiro atoms. The molecule has 1 nitrogen and oxygen atoms in total. The summed E-state index contributed by atoms with van der Waals surface area (Å²) in [6, 6.07) is 6.01. The van der Waals surface area contributed by atoms with Crippen molar-refractivity contribution in [1.29, 1.82) is 0 Å². The number of nitrogens with one attached hydrogen (secondary N) is 1. The third-order valence-corrected chi connectivity index (χ3v) is 4.08. The molecule has 21 heavy (non-hydrogen) atoms. The Kier molecular flexibility index (Phi) is 5.46. The second kappa shape index (κ2) is 6.94. The molecule has 0 bridgehead atoms. The van der Waals surface area contributed by atoms with Crippen molar-refractivity contribution in [3.05, 3.63) is 67.9 Å². The molecule has 0 radical (unpaired) electrons. The Morgan fingerprint density at radius 2 is 1.62 bits per heavy atom. The van der Waals surface area contributed by atoms with Gasteiger partial charge in [-0.3, -0.25) is 0 Å². The van der Waals surface area contributed by atoms with Gasteiger partial charge in [0.25, 0.3) is 0 Å². The van der Waals surface area contributed by atoms with Crippen LogP contribution in [0.5, 0.6) is 0 Å². The molecule has 0 aliphatic carbocycles. The lowest BCUT2D eigenvalue weighted by atomic mass is 9.97. The molecule has 0 amide bonds. The Hall–Kier alpha value is -0.850. The predicted molar refractivity (Wildman–Crippen MR) is 83.7 cm³/mol. The Morgan fingerprint density at radius 3 is 2.14 bits per heavy atom. The number of hydrogen-bond acceptors (Lipinski definition) is 1. The Labute approximate surface area is 137 Å². The maximum atomic E-state index is 14.2. The van der Waals surface area contributed by atoms with E-state index < -0.39 is 23.5 Å². The van der Waals surface area contributed by atoms with Crippen molar-refractivity contribution in [2.45, 2.75) is 13.0 Å². The van der Waals surface area contributed by atoms with Crippen LogP contribution in [0.4, 0.5) is 13.2 Å². The molecule has 0 fully saturated rings. The van der Waals surface area contributed by atoms with Gasteiger partial charge >= 0.3 is 0 Å². The van der Waals surface area contributed by atoms with E-state index in [0.29, 0.717) is 16.6 Å². The molecule has 0 saturated heterocycles. The fraction of sp³-hybridized carbons (Fsp3) is 0.200. The van der Waals surface area contributed by atoms with E-state index in [-0.39, 0.29) is 10.0 Å². The molecule has 0 aliphatic rings. The number of rotatable bonds is 4. The first-order valence-corrected chi connectivity index (χ1v) is 7.85. The third-order valence-electron chi connectivity index (χ3n) is 3.02. The highest BCUT2D eigenvalue weighted by Gasteiger charge is 2.22. The van der Waals surface area contributed by atoms with Crippen molar-refractivity contribution in [3.8, 4) is 0 Å². The predicted octanol–water partition coefficient (Wildman–Crippen LogP) is 5.33. The molecule has 1 N–H and O–H groups in total. The van der Waals surface area contributed by atoms with Crippen LogP contribution in [0.15, 0.2) is 39.3 Å². The van der Waals surface area contributed by atoms with Crippen LogP contribution in [0.3, 0.4) is 0 Å². The lowest BCUT2D eigenvalue weighted by Gasteiger charge is -2.21. The smallest absolute Gasteiger partial charge is 0.137 e. The van der Waals surface area contributed by atoms with Crippen LogP contribution >= 0.6 is 31.9 Å². The molecule has 1 unspecified atom stereocenters. The summed E-state index contributed by atoms with van der Waals surface area (Å²) in [4.78, 5) is 0. The maximum absolute atomic E-state index is 14.2. The lowest BCUT2D eigenvalue weighted by molar-refractivity contribution is 0.508. The van der Waals surface area contributed by atoms with Crippen molar-refractivity contribution < 1.29 is 13.2 Å². The summed E-state index contributed by atoms with van der Waals surface area (Å²) in [6.45, 7) is 2.34. The molecule has 0 aromatic heterocycles. The average molecular weight is 423 g/mol. The second-order valence-corrected chi connectivity index (χ2v) is 6.22. The Balaban J connectivity index is 2.55. The van der Waals surface area contributed by atoms with Crippen molar-refractivity contribution in [1.82, 2.24) is 5.32 Å². The van der Waals surface area contributed by atoms with Crippen LogP contribution in [0.2, 0.25) is 0 Å². The zero-order valence-corrected chi connectivity index (χ0v) is 14.2. The number of halogens is 5. The second-order valence-electron chi connectivity index (χ2n) is 4.45. The molecule has 2 aromatic rings. The van der Waals surface area contributed by atoms with Gasteiger partial charge in [0, 0.05) is 10.0 Å². The Morgan fingerprint density at radius 1 is 1.00 bits per heavy atom. The fourth-order valence-corrected chi connectivity index (χ4v) is 2.91. The Bertz CT molecular complexity index is 638. The molecule has 0 aliphatic heterocycles. The highest BCUT2D eigenvalue weighted by atomic mass is 79.9. The van der Waals surface area contributed by atoms with Crippen LogP contribution in [-0.4, -0.2) is 6.54 Å². The van der Waals surface area contributed by atoms with E-state index in [9.17, 15) is 13.2 Å². The van der Waals surface area contributed by atoms with Gasteiger partial charge < -0.3 is 5.32 Å². The molecular weight excluding hydrogens is 411 g/mol. The highest BCUT2D eigenvalue weighted by Crippen LogP contribution is 2.31. The summed E-state index contributed by atoms with van der Waals surface area (Å²) in [6.07, 6.45) is 0.